The summed E-state index contributed by atoms with van der Waals surface area (Å²) in [6.45, 7) is 7.53. The predicted octanol–water partition coefficient (Wildman–Crippen LogP) is 2.52. The van der Waals surface area contributed by atoms with E-state index in [1.807, 2.05) is 32.9 Å². The topological polar surface area (TPSA) is 82.9 Å². The van der Waals surface area contributed by atoms with Crippen LogP contribution in [-0.4, -0.2) is 53.7 Å². The van der Waals surface area contributed by atoms with Crippen LogP contribution in [0.15, 0.2) is 34.9 Å². The van der Waals surface area contributed by atoms with Gasteiger partial charge in [0.05, 0.1) is 6.26 Å². The van der Waals surface area contributed by atoms with Crippen LogP contribution < -0.4 is 5.32 Å². The van der Waals surface area contributed by atoms with E-state index in [0.29, 0.717) is 31.9 Å². The molecule has 1 aromatic heterocycles. The van der Waals surface area contributed by atoms with Crippen LogP contribution in [-0.2, 0) is 9.59 Å². The third-order valence-electron chi connectivity index (χ3n) is 4.90. The Balaban J connectivity index is 1.52. The fraction of sp³-hybridized carbons (Fsp3) is 0.381. The van der Waals surface area contributed by atoms with Gasteiger partial charge in [0, 0.05) is 31.9 Å². The molecule has 0 spiro atoms. The van der Waals surface area contributed by atoms with Crippen molar-refractivity contribution in [1.82, 2.24) is 9.80 Å². The van der Waals surface area contributed by atoms with Crippen LogP contribution in [0.5, 0.6) is 0 Å². The maximum atomic E-state index is 12.5. The van der Waals surface area contributed by atoms with Crippen molar-refractivity contribution in [2.24, 2.45) is 0 Å². The van der Waals surface area contributed by atoms with E-state index < -0.39 is 0 Å². The van der Waals surface area contributed by atoms with Crippen molar-refractivity contribution >= 4 is 23.4 Å². The second kappa shape index (κ2) is 8.29. The van der Waals surface area contributed by atoms with Gasteiger partial charge in [0.1, 0.15) is 6.42 Å². The van der Waals surface area contributed by atoms with Crippen LogP contribution in [0.3, 0.4) is 0 Å². The van der Waals surface area contributed by atoms with Crippen LogP contribution >= 0.6 is 0 Å². The number of nitrogens with one attached hydrogen (secondary N) is 1. The second-order valence-corrected chi connectivity index (χ2v) is 7.15. The average molecular weight is 383 g/mol. The number of aryl methyl sites for hydroxylation is 3. The van der Waals surface area contributed by atoms with E-state index in [1.165, 1.54) is 6.26 Å². The Hall–Kier alpha value is -3.09. The molecule has 1 saturated heterocycles. The molecule has 1 aliphatic rings. The Morgan fingerprint density at radius 1 is 1.00 bits per heavy atom. The van der Waals surface area contributed by atoms with E-state index in [1.54, 1.807) is 21.9 Å². The molecule has 0 unspecified atom stereocenters. The lowest BCUT2D eigenvalue weighted by molar-refractivity contribution is -0.135. The number of anilines is 1. The molecule has 0 aliphatic carbocycles. The van der Waals surface area contributed by atoms with Crippen LogP contribution in [0.2, 0.25) is 0 Å². The lowest BCUT2D eigenvalue weighted by Crippen LogP contribution is -2.51. The average Bonchev–Trinajstić information content (AvgIpc) is 3.19. The molecular weight excluding hydrogens is 358 g/mol. The summed E-state index contributed by atoms with van der Waals surface area (Å²) in [5, 5.41) is 2.86. The van der Waals surface area contributed by atoms with Crippen LogP contribution in [0, 0.1) is 20.8 Å². The number of hydrogen-bond donors (Lipinski definition) is 1. The maximum Gasteiger partial charge on any atom is 0.289 e. The Kier molecular flexibility index (Phi) is 5.82. The minimum absolute atomic E-state index is 0.180. The molecule has 0 bridgehead atoms. The van der Waals surface area contributed by atoms with Crippen molar-refractivity contribution in [3.63, 3.8) is 0 Å². The van der Waals surface area contributed by atoms with Crippen molar-refractivity contribution in [3.05, 3.63) is 53.0 Å². The molecule has 3 amide bonds. The van der Waals surface area contributed by atoms with Crippen LogP contribution in [0.25, 0.3) is 0 Å². The quantitative estimate of drug-likeness (QED) is 0.823. The largest absolute Gasteiger partial charge is 0.459 e. The second-order valence-electron chi connectivity index (χ2n) is 7.15. The molecule has 0 atom stereocenters. The number of carbonyl (C=O) groups is 3. The number of amides is 3. The third-order valence-corrected chi connectivity index (χ3v) is 4.90. The molecular formula is C21H25N3O4. The van der Waals surface area contributed by atoms with Crippen LogP contribution in [0.1, 0.15) is 33.7 Å². The summed E-state index contributed by atoms with van der Waals surface area (Å²) in [6, 6.07) is 7.29. The first-order valence-corrected chi connectivity index (χ1v) is 9.33. The van der Waals surface area contributed by atoms with Crippen molar-refractivity contribution in [2.75, 3.05) is 31.5 Å². The fourth-order valence-electron chi connectivity index (χ4n) is 3.52. The van der Waals surface area contributed by atoms with Crippen molar-refractivity contribution in [1.29, 1.82) is 0 Å². The highest BCUT2D eigenvalue weighted by molar-refractivity contribution is 6.04. The first kappa shape index (κ1) is 19.7. The summed E-state index contributed by atoms with van der Waals surface area (Å²) in [5.41, 5.74) is 3.84. The molecule has 148 valence electrons. The van der Waals surface area contributed by atoms with Crippen molar-refractivity contribution in [3.8, 4) is 0 Å². The summed E-state index contributed by atoms with van der Waals surface area (Å²) in [5.74, 6) is -0.442. The van der Waals surface area contributed by atoms with Gasteiger partial charge in [0.15, 0.2) is 5.76 Å². The zero-order valence-electron chi connectivity index (χ0n) is 16.4. The van der Waals surface area contributed by atoms with E-state index >= 15 is 0 Å². The Morgan fingerprint density at radius 2 is 1.61 bits per heavy atom. The highest BCUT2D eigenvalue weighted by atomic mass is 16.3. The Labute approximate surface area is 164 Å². The molecule has 28 heavy (non-hydrogen) atoms. The number of carbonyl (C=O) groups excluding carboxylic acids is 3. The summed E-state index contributed by atoms with van der Waals surface area (Å²) in [7, 11) is 0. The minimum Gasteiger partial charge on any atom is -0.459 e. The number of piperazine rings is 1. The molecule has 7 heteroatoms. The van der Waals surface area contributed by atoms with Gasteiger partial charge in [0.25, 0.3) is 5.91 Å². The number of rotatable bonds is 4. The molecule has 2 heterocycles. The van der Waals surface area contributed by atoms with E-state index in [0.717, 1.165) is 22.4 Å². The lowest BCUT2D eigenvalue weighted by Gasteiger charge is -2.34. The van der Waals surface area contributed by atoms with Gasteiger partial charge in [-0.3, -0.25) is 14.4 Å². The van der Waals surface area contributed by atoms with E-state index in [-0.39, 0.29) is 24.1 Å². The van der Waals surface area contributed by atoms with E-state index in [9.17, 15) is 14.4 Å². The zero-order chi connectivity index (χ0) is 20.3. The number of benzene rings is 1. The van der Waals surface area contributed by atoms with Gasteiger partial charge >= 0.3 is 0 Å². The fourth-order valence-corrected chi connectivity index (χ4v) is 3.52. The molecule has 3 rings (SSSR count). The highest BCUT2D eigenvalue weighted by Crippen LogP contribution is 2.22. The van der Waals surface area contributed by atoms with Gasteiger partial charge in [0.2, 0.25) is 11.8 Å². The molecule has 7 nitrogen and oxygen atoms in total. The van der Waals surface area contributed by atoms with Gasteiger partial charge in [-0.05, 0) is 44.0 Å². The third kappa shape index (κ3) is 4.42. The Bertz CT molecular complexity index is 858. The standard InChI is InChI=1S/C21H25N3O4/c1-14-11-15(2)20(16(3)12-14)22-18(25)13-19(26)23-6-8-24(9-7-23)21(27)17-5-4-10-28-17/h4-5,10-12H,6-9,13H2,1-3H3,(H,22,25). The predicted molar refractivity (Wildman–Crippen MR) is 105 cm³/mol. The van der Waals surface area contributed by atoms with Gasteiger partial charge in [-0.25, -0.2) is 0 Å². The van der Waals surface area contributed by atoms with Gasteiger partial charge in [-0.15, -0.1) is 0 Å². The summed E-state index contributed by atoms with van der Waals surface area (Å²) in [4.78, 5) is 40.4. The molecule has 1 aromatic carbocycles. The van der Waals surface area contributed by atoms with E-state index in [2.05, 4.69) is 5.32 Å². The zero-order valence-corrected chi connectivity index (χ0v) is 16.4. The number of hydrogen-bond acceptors (Lipinski definition) is 4. The molecule has 1 aliphatic heterocycles. The van der Waals surface area contributed by atoms with Gasteiger partial charge in [-0.2, -0.15) is 0 Å². The molecule has 2 aromatic rings. The first-order chi connectivity index (χ1) is 13.3. The summed E-state index contributed by atoms with van der Waals surface area (Å²) in [6.07, 6.45) is 1.25. The van der Waals surface area contributed by atoms with Gasteiger partial charge in [-0.1, -0.05) is 17.7 Å². The SMILES string of the molecule is Cc1cc(C)c(NC(=O)CC(=O)N2CCN(C(=O)c3ccco3)CC2)c(C)c1. The molecule has 0 saturated carbocycles. The van der Waals surface area contributed by atoms with Gasteiger partial charge < -0.3 is 19.5 Å². The minimum atomic E-state index is -0.325. The summed E-state index contributed by atoms with van der Waals surface area (Å²) >= 11 is 0. The number of furan rings is 1. The molecule has 1 fully saturated rings. The monoisotopic (exact) mass is 383 g/mol. The number of nitrogens with zero attached hydrogens (tertiary/aromatic N) is 2. The normalized spacial score (nSPS) is 14.1. The highest BCUT2D eigenvalue weighted by Gasteiger charge is 2.27. The van der Waals surface area contributed by atoms with E-state index in [4.69, 9.17) is 4.42 Å². The maximum absolute atomic E-state index is 12.5. The summed E-state index contributed by atoms with van der Waals surface area (Å²) < 4.78 is 5.13. The van der Waals surface area contributed by atoms with Crippen molar-refractivity contribution < 1.29 is 18.8 Å². The lowest BCUT2D eigenvalue weighted by atomic mass is 10.0. The van der Waals surface area contributed by atoms with Crippen molar-refractivity contribution in [2.45, 2.75) is 27.2 Å². The first-order valence-electron chi connectivity index (χ1n) is 9.33. The smallest absolute Gasteiger partial charge is 0.289 e. The molecule has 0 radical (unpaired) electrons. The molecule has 1 N–H and O–H groups in total. The Morgan fingerprint density at radius 3 is 2.18 bits per heavy atom. The van der Waals surface area contributed by atoms with Crippen LogP contribution in [0.4, 0.5) is 5.69 Å².